The molecule has 0 fully saturated rings. The zero-order valence-electron chi connectivity index (χ0n) is 14.3. The summed E-state index contributed by atoms with van der Waals surface area (Å²) in [5, 5.41) is 5.58. The van der Waals surface area contributed by atoms with Crippen molar-refractivity contribution in [3.05, 3.63) is 65.2 Å². The van der Waals surface area contributed by atoms with Gasteiger partial charge in [-0.2, -0.15) is 0 Å². The van der Waals surface area contributed by atoms with Crippen LogP contribution in [-0.2, 0) is 22.4 Å². The fourth-order valence-electron chi connectivity index (χ4n) is 2.56. The summed E-state index contributed by atoms with van der Waals surface area (Å²) in [7, 11) is 0. The Labute approximate surface area is 143 Å². The maximum atomic E-state index is 12.1. The minimum atomic E-state index is -0.202. The van der Waals surface area contributed by atoms with Crippen LogP contribution in [0, 0.1) is 6.92 Å². The SMILES string of the molecule is CCc1cccc(C)c1NC(=O)CNC(=O)CCc1ccccc1. The normalized spacial score (nSPS) is 10.2. The highest BCUT2D eigenvalue weighted by Gasteiger charge is 2.10. The summed E-state index contributed by atoms with van der Waals surface area (Å²) in [6.07, 6.45) is 1.90. The average Bonchev–Trinajstić information content (AvgIpc) is 2.60. The molecular weight excluding hydrogens is 300 g/mol. The first-order valence-electron chi connectivity index (χ1n) is 8.29. The van der Waals surface area contributed by atoms with E-state index in [2.05, 4.69) is 17.6 Å². The van der Waals surface area contributed by atoms with Gasteiger partial charge in [0.05, 0.1) is 6.54 Å². The monoisotopic (exact) mass is 324 g/mol. The second-order valence-electron chi connectivity index (χ2n) is 5.77. The number of amides is 2. The van der Waals surface area contributed by atoms with Crippen molar-refractivity contribution in [3.8, 4) is 0 Å². The molecule has 0 aliphatic carbocycles. The topological polar surface area (TPSA) is 58.2 Å². The Balaban J connectivity index is 1.80. The number of anilines is 1. The van der Waals surface area contributed by atoms with Crippen LogP contribution in [-0.4, -0.2) is 18.4 Å². The third-order valence-corrected chi connectivity index (χ3v) is 3.93. The Hall–Kier alpha value is -2.62. The van der Waals surface area contributed by atoms with Crippen LogP contribution in [0.1, 0.15) is 30.0 Å². The fourth-order valence-corrected chi connectivity index (χ4v) is 2.56. The number of rotatable bonds is 7. The van der Waals surface area contributed by atoms with Crippen LogP contribution in [0.3, 0.4) is 0 Å². The molecule has 4 nitrogen and oxygen atoms in total. The van der Waals surface area contributed by atoms with Gasteiger partial charge in [-0.1, -0.05) is 55.5 Å². The Morgan fingerprint density at radius 2 is 1.71 bits per heavy atom. The van der Waals surface area contributed by atoms with Gasteiger partial charge in [-0.3, -0.25) is 9.59 Å². The lowest BCUT2D eigenvalue weighted by molar-refractivity contribution is -0.124. The number of carbonyl (C=O) groups is 2. The van der Waals surface area contributed by atoms with Crippen LogP contribution in [0.4, 0.5) is 5.69 Å². The van der Waals surface area contributed by atoms with Crippen molar-refractivity contribution in [2.24, 2.45) is 0 Å². The molecule has 24 heavy (non-hydrogen) atoms. The van der Waals surface area contributed by atoms with Gasteiger partial charge in [0.1, 0.15) is 0 Å². The molecule has 2 aromatic rings. The van der Waals surface area contributed by atoms with E-state index in [-0.39, 0.29) is 18.4 Å². The molecule has 2 aromatic carbocycles. The van der Waals surface area contributed by atoms with E-state index in [4.69, 9.17) is 0 Å². The number of hydrogen-bond acceptors (Lipinski definition) is 2. The zero-order valence-corrected chi connectivity index (χ0v) is 14.3. The van der Waals surface area contributed by atoms with Crippen LogP contribution in [0.25, 0.3) is 0 Å². The average molecular weight is 324 g/mol. The largest absolute Gasteiger partial charge is 0.347 e. The summed E-state index contributed by atoms with van der Waals surface area (Å²) >= 11 is 0. The Bertz CT molecular complexity index is 696. The smallest absolute Gasteiger partial charge is 0.243 e. The molecule has 0 atom stereocenters. The quantitative estimate of drug-likeness (QED) is 0.821. The molecule has 0 aliphatic rings. The second kappa shape index (κ2) is 8.87. The summed E-state index contributed by atoms with van der Waals surface area (Å²) in [6.45, 7) is 4.01. The van der Waals surface area contributed by atoms with Crippen LogP contribution in [0.5, 0.6) is 0 Å². The predicted octanol–water partition coefficient (Wildman–Crippen LogP) is 3.24. The van der Waals surface area contributed by atoms with E-state index >= 15 is 0 Å². The fraction of sp³-hybridized carbons (Fsp3) is 0.300. The van der Waals surface area contributed by atoms with E-state index in [0.717, 1.165) is 28.8 Å². The van der Waals surface area contributed by atoms with E-state index in [1.54, 1.807) is 0 Å². The molecule has 2 rings (SSSR count). The van der Waals surface area contributed by atoms with E-state index in [9.17, 15) is 9.59 Å². The standard InChI is InChI=1S/C20H24N2O2/c1-3-17-11-7-8-15(2)20(17)22-19(24)14-21-18(23)13-12-16-9-5-4-6-10-16/h4-11H,3,12-14H2,1-2H3,(H,21,23)(H,22,24). The summed E-state index contributed by atoms with van der Waals surface area (Å²) in [5.41, 5.74) is 4.09. The number of carbonyl (C=O) groups excluding carboxylic acids is 2. The number of aryl methyl sites for hydroxylation is 3. The van der Waals surface area contributed by atoms with E-state index in [1.165, 1.54) is 0 Å². The van der Waals surface area contributed by atoms with Crippen molar-refractivity contribution in [2.75, 3.05) is 11.9 Å². The molecule has 0 saturated carbocycles. The summed E-state index contributed by atoms with van der Waals surface area (Å²) in [5.74, 6) is -0.318. The first kappa shape index (κ1) is 17.7. The molecule has 126 valence electrons. The van der Waals surface area contributed by atoms with Crippen molar-refractivity contribution >= 4 is 17.5 Å². The van der Waals surface area contributed by atoms with Gasteiger partial charge in [0.15, 0.2) is 0 Å². The highest BCUT2D eigenvalue weighted by atomic mass is 16.2. The minimum Gasteiger partial charge on any atom is -0.347 e. The van der Waals surface area contributed by atoms with Crippen LogP contribution in [0.15, 0.2) is 48.5 Å². The van der Waals surface area contributed by atoms with Crippen LogP contribution < -0.4 is 10.6 Å². The molecule has 0 aromatic heterocycles. The molecule has 2 N–H and O–H groups in total. The van der Waals surface area contributed by atoms with Gasteiger partial charge >= 0.3 is 0 Å². The van der Waals surface area contributed by atoms with Gasteiger partial charge in [-0.15, -0.1) is 0 Å². The summed E-state index contributed by atoms with van der Waals surface area (Å²) < 4.78 is 0. The molecule has 4 heteroatoms. The summed E-state index contributed by atoms with van der Waals surface area (Å²) in [6, 6.07) is 15.8. The van der Waals surface area contributed by atoms with Crippen molar-refractivity contribution in [3.63, 3.8) is 0 Å². The van der Waals surface area contributed by atoms with E-state index in [1.807, 2.05) is 55.5 Å². The lowest BCUT2D eigenvalue weighted by Gasteiger charge is -2.13. The minimum absolute atomic E-state index is 0.00882. The van der Waals surface area contributed by atoms with E-state index in [0.29, 0.717) is 12.8 Å². The molecule has 2 amide bonds. The highest BCUT2D eigenvalue weighted by Crippen LogP contribution is 2.20. The van der Waals surface area contributed by atoms with Gasteiger partial charge < -0.3 is 10.6 Å². The van der Waals surface area contributed by atoms with Crippen molar-refractivity contribution in [1.82, 2.24) is 5.32 Å². The third-order valence-electron chi connectivity index (χ3n) is 3.93. The van der Waals surface area contributed by atoms with Gasteiger partial charge in [-0.05, 0) is 36.5 Å². The summed E-state index contributed by atoms with van der Waals surface area (Å²) in [4.78, 5) is 24.0. The molecule has 0 bridgehead atoms. The van der Waals surface area contributed by atoms with Crippen molar-refractivity contribution in [2.45, 2.75) is 33.1 Å². The lowest BCUT2D eigenvalue weighted by atomic mass is 10.1. The van der Waals surface area contributed by atoms with Crippen LogP contribution in [0.2, 0.25) is 0 Å². The zero-order chi connectivity index (χ0) is 17.4. The van der Waals surface area contributed by atoms with Gasteiger partial charge in [-0.25, -0.2) is 0 Å². The van der Waals surface area contributed by atoms with Gasteiger partial charge in [0.2, 0.25) is 11.8 Å². The number of para-hydroxylation sites is 1. The third kappa shape index (κ3) is 5.23. The number of nitrogens with one attached hydrogen (secondary N) is 2. The molecule has 0 unspecified atom stereocenters. The molecule has 0 spiro atoms. The Morgan fingerprint density at radius 1 is 0.958 bits per heavy atom. The first-order chi connectivity index (χ1) is 11.6. The highest BCUT2D eigenvalue weighted by molar-refractivity contribution is 5.95. The number of benzene rings is 2. The maximum Gasteiger partial charge on any atom is 0.243 e. The molecule has 0 heterocycles. The molecule has 0 radical (unpaired) electrons. The Morgan fingerprint density at radius 3 is 2.42 bits per heavy atom. The molecule has 0 saturated heterocycles. The van der Waals surface area contributed by atoms with Crippen LogP contribution >= 0.6 is 0 Å². The number of hydrogen-bond donors (Lipinski definition) is 2. The van der Waals surface area contributed by atoms with Gasteiger partial charge in [0, 0.05) is 12.1 Å². The van der Waals surface area contributed by atoms with Gasteiger partial charge in [0.25, 0.3) is 0 Å². The Kier molecular flexibility index (Phi) is 6.55. The maximum absolute atomic E-state index is 12.1. The lowest BCUT2D eigenvalue weighted by Crippen LogP contribution is -2.33. The molecular formula is C20H24N2O2. The van der Waals surface area contributed by atoms with E-state index < -0.39 is 0 Å². The van der Waals surface area contributed by atoms with Crippen molar-refractivity contribution < 1.29 is 9.59 Å². The second-order valence-corrected chi connectivity index (χ2v) is 5.77. The molecule has 0 aliphatic heterocycles. The first-order valence-corrected chi connectivity index (χ1v) is 8.29. The van der Waals surface area contributed by atoms with Crippen molar-refractivity contribution in [1.29, 1.82) is 0 Å². The predicted molar refractivity (Wildman–Crippen MR) is 97.0 cm³/mol.